The maximum atomic E-state index is 13.5. The predicted molar refractivity (Wildman–Crippen MR) is 110 cm³/mol. The number of nitrogens with one attached hydrogen (secondary N) is 1. The molecule has 3 heterocycles. The van der Waals surface area contributed by atoms with Crippen molar-refractivity contribution in [1.29, 1.82) is 0 Å². The van der Waals surface area contributed by atoms with Crippen LogP contribution in [0.15, 0.2) is 64.4 Å². The molecule has 1 aliphatic rings. The van der Waals surface area contributed by atoms with Crippen molar-refractivity contribution in [3.8, 4) is 0 Å². The molecule has 0 aliphatic carbocycles. The number of benzene rings is 1. The summed E-state index contributed by atoms with van der Waals surface area (Å²) in [6.45, 7) is 0.228. The Bertz CT molecular complexity index is 1080. The number of pyridine rings is 1. The lowest BCUT2D eigenvalue weighted by Crippen LogP contribution is -2.30. The summed E-state index contributed by atoms with van der Waals surface area (Å²) in [6.07, 6.45) is 4.96. The number of nitrogens with zero attached hydrogens (tertiary/aromatic N) is 2. The summed E-state index contributed by atoms with van der Waals surface area (Å²) in [5, 5.41) is 6.70. The first kappa shape index (κ1) is 18.6. The van der Waals surface area contributed by atoms with Crippen LogP contribution in [-0.2, 0) is 27.8 Å². The van der Waals surface area contributed by atoms with E-state index in [4.69, 9.17) is 0 Å². The Hall–Kier alpha value is -2.71. The highest BCUT2D eigenvalue weighted by atomic mass is 32.2. The number of amides is 1. The van der Waals surface area contributed by atoms with Gasteiger partial charge in [-0.3, -0.25) is 14.1 Å². The first-order valence-corrected chi connectivity index (χ1v) is 11.3. The molecule has 0 unspecified atom stereocenters. The van der Waals surface area contributed by atoms with Crippen molar-refractivity contribution in [1.82, 2.24) is 4.98 Å². The summed E-state index contributed by atoms with van der Waals surface area (Å²) in [7, 11) is -3.80. The normalized spacial score (nSPS) is 14.1. The molecule has 6 nitrogen and oxygen atoms in total. The fourth-order valence-electron chi connectivity index (χ4n) is 3.20. The Balaban J connectivity index is 1.75. The number of carbonyl (C=O) groups excluding carboxylic acids is 1. The first-order valence-electron chi connectivity index (χ1n) is 8.91. The van der Waals surface area contributed by atoms with Crippen LogP contribution in [0.1, 0.15) is 24.0 Å². The Morgan fingerprint density at radius 3 is 2.82 bits per heavy atom. The van der Waals surface area contributed by atoms with E-state index in [0.717, 1.165) is 11.1 Å². The molecule has 0 spiro atoms. The number of hydrogen-bond donors (Lipinski definition) is 1. The molecule has 0 bridgehead atoms. The number of aryl methyl sites for hydroxylation is 1. The van der Waals surface area contributed by atoms with Crippen LogP contribution in [0.25, 0.3) is 0 Å². The van der Waals surface area contributed by atoms with E-state index in [-0.39, 0.29) is 17.3 Å². The van der Waals surface area contributed by atoms with Gasteiger partial charge in [-0.1, -0.05) is 0 Å². The number of rotatable bonds is 5. The van der Waals surface area contributed by atoms with Crippen molar-refractivity contribution in [2.45, 2.75) is 30.7 Å². The second-order valence-electron chi connectivity index (χ2n) is 6.58. The third-order valence-corrected chi connectivity index (χ3v) is 7.13. The summed E-state index contributed by atoms with van der Waals surface area (Å²) < 4.78 is 28.4. The van der Waals surface area contributed by atoms with Gasteiger partial charge in [0.1, 0.15) is 0 Å². The van der Waals surface area contributed by atoms with Crippen molar-refractivity contribution < 1.29 is 13.2 Å². The van der Waals surface area contributed by atoms with Gasteiger partial charge in [-0.15, -0.1) is 0 Å². The second kappa shape index (κ2) is 7.73. The van der Waals surface area contributed by atoms with E-state index in [0.29, 0.717) is 30.6 Å². The van der Waals surface area contributed by atoms with E-state index >= 15 is 0 Å². The molecule has 144 valence electrons. The van der Waals surface area contributed by atoms with Crippen molar-refractivity contribution >= 4 is 38.6 Å². The highest BCUT2D eigenvalue weighted by Gasteiger charge is 2.27. The van der Waals surface area contributed by atoms with Gasteiger partial charge in [-0.2, -0.15) is 11.3 Å². The van der Waals surface area contributed by atoms with Crippen LogP contribution in [-0.4, -0.2) is 19.3 Å². The number of hydrogen-bond acceptors (Lipinski definition) is 5. The van der Waals surface area contributed by atoms with Gasteiger partial charge < -0.3 is 5.32 Å². The van der Waals surface area contributed by atoms with Crippen LogP contribution in [0.3, 0.4) is 0 Å². The molecule has 2 aromatic heterocycles. The van der Waals surface area contributed by atoms with E-state index < -0.39 is 10.0 Å². The Labute approximate surface area is 167 Å². The molecule has 0 atom stereocenters. The minimum atomic E-state index is -3.80. The lowest BCUT2D eigenvalue weighted by molar-refractivity contribution is -0.116. The average molecular weight is 414 g/mol. The van der Waals surface area contributed by atoms with Gasteiger partial charge >= 0.3 is 0 Å². The second-order valence-corrected chi connectivity index (χ2v) is 9.22. The smallest absolute Gasteiger partial charge is 0.264 e. The SMILES string of the molecule is O=C1CCCc2cc(S(=O)(=O)N(Cc3ccsc3)c3cccnc3)ccc2N1. The van der Waals surface area contributed by atoms with Crippen molar-refractivity contribution in [2.24, 2.45) is 0 Å². The van der Waals surface area contributed by atoms with Gasteiger partial charge in [-0.05, 0) is 71.1 Å². The quantitative estimate of drug-likeness (QED) is 0.690. The van der Waals surface area contributed by atoms with Crippen LogP contribution in [0, 0.1) is 0 Å². The molecule has 0 saturated heterocycles. The number of anilines is 2. The van der Waals surface area contributed by atoms with E-state index in [1.165, 1.54) is 15.6 Å². The predicted octanol–water partition coefficient (Wildman–Crippen LogP) is 3.81. The third kappa shape index (κ3) is 3.79. The van der Waals surface area contributed by atoms with Gasteiger partial charge in [0, 0.05) is 18.3 Å². The maximum Gasteiger partial charge on any atom is 0.264 e. The van der Waals surface area contributed by atoms with Crippen molar-refractivity contribution in [3.63, 3.8) is 0 Å². The molecule has 0 saturated carbocycles. The molecular weight excluding hydrogens is 394 g/mol. The average Bonchev–Trinajstić information content (AvgIpc) is 3.13. The van der Waals surface area contributed by atoms with E-state index in [1.807, 2.05) is 16.8 Å². The lowest BCUT2D eigenvalue weighted by atomic mass is 10.1. The van der Waals surface area contributed by atoms with Crippen LogP contribution < -0.4 is 9.62 Å². The van der Waals surface area contributed by atoms with E-state index in [1.54, 1.807) is 42.7 Å². The van der Waals surface area contributed by atoms with Gasteiger partial charge in [0.25, 0.3) is 10.0 Å². The molecule has 1 aliphatic heterocycles. The fourth-order valence-corrected chi connectivity index (χ4v) is 5.35. The van der Waals surface area contributed by atoms with E-state index in [2.05, 4.69) is 10.3 Å². The number of thiophene rings is 1. The highest BCUT2D eigenvalue weighted by molar-refractivity contribution is 7.92. The summed E-state index contributed by atoms with van der Waals surface area (Å²) in [5.74, 6) is -0.0381. The molecule has 3 aromatic rings. The summed E-state index contributed by atoms with van der Waals surface area (Å²) in [6, 6.07) is 10.3. The summed E-state index contributed by atoms with van der Waals surface area (Å²) in [5.41, 5.74) is 2.96. The number of fused-ring (bicyclic) bond motifs is 1. The van der Waals surface area contributed by atoms with Crippen molar-refractivity contribution in [3.05, 3.63) is 70.7 Å². The molecular formula is C20H19N3O3S2. The zero-order valence-electron chi connectivity index (χ0n) is 15.0. The zero-order chi connectivity index (χ0) is 19.6. The summed E-state index contributed by atoms with van der Waals surface area (Å²) >= 11 is 1.53. The fraction of sp³-hybridized carbons (Fsp3) is 0.200. The lowest BCUT2D eigenvalue weighted by Gasteiger charge is -2.24. The highest BCUT2D eigenvalue weighted by Crippen LogP contribution is 2.30. The van der Waals surface area contributed by atoms with Gasteiger partial charge in [0.15, 0.2) is 0 Å². The Kier molecular flexibility index (Phi) is 5.15. The zero-order valence-corrected chi connectivity index (χ0v) is 16.7. The third-order valence-electron chi connectivity index (χ3n) is 4.63. The molecule has 1 amide bonds. The topological polar surface area (TPSA) is 79.4 Å². The van der Waals surface area contributed by atoms with Gasteiger partial charge in [-0.25, -0.2) is 8.42 Å². The van der Waals surface area contributed by atoms with Gasteiger partial charge in [0.2, 0.25) is 5.91 Å². The molecule has 1 aromatic carbocycles. The van der Waals surface area contributed by atoms with Crippen LogP contribution in [0.5, 0.6) is 0 Å². The van der Waals surface area contributed by atoms with Crippen LogP contribution in [0.2, 0.25) is 0 Å². The molecule has 0 radical (unpaired) electrons. The van der Waals surface area contributed by atoms with Crippen LogP contribution >= 0.6 is 11.3 Å². The van der Waals surface area contributed by atoms with E-state index in [9.17, 15) is 13.2 Å². The van der Waals surface area contributed by atoms with Gasteiger partial charge in [0.05, 0.1) is 23.3 Å². The Morgan fingerprint density at radius 2 is 2.07 bits per heavy atom. The number of carbonyl (C=O) groups is 1. The number of aromatic nitrogens is 1. The molecule has 28 heavy (non-hydrogen) atoms. The largest absolute Gasteiger partial charge is 0.326 e. The Morgan fingerprint density at radius 1 is 1.18 bits per heavy atom. The minimum Gasteiger partial charge on any atom is -0.326 e. The first-order chi connectivity index (χ1) is 13.5. The molecule has 8 heteroatoms. The minimum absolute atomic E-state index is 0.0381. The molecule has 4 rings (SSSR count). The summed E-state index contributed by atoms with van der Waals surface area (Å²) in [4.78, 5) is 16.0. The number of sulfonamides is 1. The standard InChI is InChI=1S/C20H19N3O3S2/c24-20-5-1-3-16-11-18(6-7-19(16)22-20)28(25,26)23(13-15-8-10-27-14-15)17-4-2-9-21-12-17/h2,4,6-12,14H,1,3,5,13H2,(H,22,24). The monoisotopic (exact) mass is 413 g/mol. The van der Waals surface area contributed by atoms with Crippen molar-refractivity contribution in [2.75, 3.05) is 9.62 Å². The molecule has 1 N–H and O–H groups in total. The molecule has 0 fully saturated rings. The maximum absolute atomic E-state index is 13.5. The van der Waals surface area contributed by atoms with Crippen LogP contribution in [0.4, 0.5) is 11.4 Å².